The molecule has 0 bridgehead atoms. The van der Waals surface area contributed by atoms with Crippen LogP contribution >= 0.6 is 11.5 Å². The molecule has 1 N–H and O–H groups in total. The first kappa shape index (κ1) is 10.8. The minimum Gasteiger partial charge on any atom is -0.477 e. The van der Waals surface area contributed by atoms with E-state index < -0.39 is 5.97 Å². The second-order valence-corrected chi connectivity index (χ2v) is 4.56. The maximum absolute atomic E-state index is 10.7. The topological polar surface area (TPSA) is 50.2 Å². The lowest BCUT2D eigenvalue weighted by molar-refractivity contribution is 0.0702. The summed E-state index contributed by atoms with van der Waals surface area (Å²) in [6, 6.07) is 7.70. The Morgan fingerprint density at radius 2 is 1.81 bits per heavy atom. The van der Waals surface area contributed by atoms with E-state index in [0.29, 0.717) is 0 Å². The molecule has 3 nitrogen and oxygen atoms in total. The van der Waals surface area contributed by atoms with Crippen molar-refractivity contribution in [2.45, 2.75) is 13.8 Å². The van der Waals surface area contributed by atoms with Crippen LogP contribution in [0.25, 0.3) is 11.3 Å². The number of aromatic nitrogens is 1. The molecule has 0 unspecified atom stereocenters. The molecule has 0 aliphatic rings. The number of benzene rings is 1. The SMILES string of the molecule is Cc1cc(C)cc(-c2cc(C(=O)O)sn2)c1. The number of carboxylic acids is 1. The summed E-state index contributed by atoms with van der Waals surface area (Å²) in [6.07, 6.45) is 0. The van der Waals surface area contributed by atoms with Crippen molar-refractivity contribution < 1.29 is 9.90 Å². The summed E-state index contributed by atoms with van der Waals surface area (Å²) < 4.78 is 4.15. The minimum atomic E-state index is -0.923. The van der Waals surface area contributed by atoms with Crippen LogP contribution in [0.4, 0.5) is 0 Å². The summed E-state index contributed by atoms with van der Waals surface area (Å²) in [5.41, 5.74) is 4.01. The first-order valence-electron chi connectivity index (χ1n) is 4.85. The lowest BCUT2D eigenvalue weighted by Gasteiger charge is -2.01. The third kappa shape index (κ3) is 2.12. The Morgan fingerprint density at radius 3 is 2.31 bits per heavy atom. The molecule has 82 valence electrons. The van der Waals surface area contributed by atoms with Gasteiger partial charge in [-0.1, -0.05) is 17.2 Å². The average Bonchev–Trinajstić information content (AvgIpc) is 2.64. The molecule has 0 saturated heterocycles. The normalized spacial score (nSPS) is 10.4. The summed E-state index contributed by atoms with van der Waals surface area (Å²) in [5.74, 6) is -0.923. The fraction of sp³-hybridized carbons (Fsp3) is 0.167. The Balaban J connectivity index is 2.46. The van der Waals surface area contributed by atoms with Crippen molar-refractivity contribution in [3.63, 3.8) is 0 Å². The number of nitrogens with zero attached hydrogens (tertiary/aromatic N) is 1. The molecule has 1 aromatic carbocycles. The average molecular weight is 233 g/mol. The smallest absolute Gasteiger partial charge is 0.347 e. The van der Waals surface area contributed by atoms with E-state index in [4.69, 9.17) is 5.11 Å². The molecule has 0 spiro atoms. The first-order chi connectivity index (χ1) is 7.56. The van der Waals surface area contributed by atoms with E-state index in [1.165, 1.54) is 0 Å². The molecule has 4 heteroatoms. The minimum absolute atomic E-state index is 0.272. The predicted octanol–water partition coefficient (Wildman–Crippen LogP) is 3.13. The van der Waals surface area contributed by atoms with Gasteiger partial charge in [-0.3, -0.25) is 0 Å². The van der Waals surface area contributed by atoms with Gasteiger partial charge >= 0.3 is 5.97 Å². The predicted molar refractivity (Wildman–Crippen MR) is 64.0 cm³/mol. The highest BCUT2D eigenvalue weighted by Crippen LogP contribution is 2.24. The van der Waals surface area contributed by atoms with Gasteiger partial charge in [0, 0.05) is 5.56 Å². The zero-order valence-corrected chi connectivity index (χ0v) is 9.84. The summed E-state index contributed by atoms with van der Waals surface area (Å²) in [5, 5.41) is 8.82. The van der Waals surface area contributed by atoms with Gasteiger partial charge in [0.05, 0.1) is 5.69 Å². The third-order valence-corrected chi connectivity index (χ3v) is 3.02. The Hall–Kier alpha value is -1.68. The maximum atomic E-state index is 10.7. The molecule has 1 aromatic heterocycles. The molecule has 0 aliphatic carbocycles. The van der Waals surface area contributed by atoms with Crippen LogP contribution in [-0.4, -0.2) is 15.4 Å². The van der Waals surface area contributed by atoms with Gasteiger partial charge < -0.3 is 5.11 Å². The number of rotatable bonds is 2. The van der Waals surface area contributed by atoms with Gasteiger partial charge in [-0.25, -0.2) is 4.79 Å². The van der Waals surface area contributed by atoms with Crippen LogP contribution in [0.5, 0.6) is 0 Å². The molecular formula is C12H11NO2S. The number of aromatic carboxylic acids is 1. The molecule has 0 saturated carbocycles. The third-order valence-electron chi connectivity index (χ3n) is 2.24. The van der Waals surface area contributed by atoms with Crippen molar-refractivity contribution in [3.8, 4) is 11.3 Å². The van der Waals surface area contributed by atoms with E-state index in [-0.39, 0.29) is 4.88 Å². The van der Waals surface area contributed by atoms with Crippen molar-refractivity contribution >= 4 is 17.5 Å². The van der Waals surface area contributed by atoms with Gasteiger partial charge in [0.1, 0.15) is 4.88 Å². The molecule has 16 heavy (non-hydrogen) atoms. The van der Waals surface area contributed by atoms with Crippen LogP contribution in [0.2, 0.25) is 0 Å². The van der Waals surface area contributed by atoms with Gasteiger partial charge in [-0.15, -0.1) is 0 Å². The van der Waals surface area contributed by atoms with Crippen LogP contribution in [0, 0.1) is 13.8 Å². The second-order valence-electron chi connectivity index (χ2n) is 3.76. The van der Waals surface area contributed by atoms with Gasteiger partial charge in [-0.2, -0.15) is 4.37 Å². The lowest BCUT2D eigenvalue weighted by Crippen LogP contribution is -1.90. The van der Waals surface area contributed by atoms with E-state index in [0.717, 1.165) is 33.9 Å². The second kappa shape index (κ2) is 4.06. The van der Waals surface area contributed by atoms with Crippen molar-refractivity contribution in [2.24, 2.45) is 0 Å². The summed E-state index contributed by atoms with van der Waals surface area (Å²) in [4.78, 5) is 11.0. The van der Waals surface area contributed by atoms with Crippen molar-refractivity contribution in [1.82, 2.24) is 4.37 Å². The molecular weight excluding hydrogens is 222 g/mol. The number of hydrogen-bond acceptors (Lipinski definition) is 3. The van der Waals surface area contributed by atoms with Crippen LogP contribution < -0.4 is 0 Å². The zero-order chi connectivity index (χ0) is 11.7. The van der Waals surface area contributed by atoms with E-state index >= 15 is 0 Å². The summed E-state index contributed by atoms with van der Waals surface area (Å²) >= 11 is 1.01. The largest absolute Gasteiger partial charge is 0.477 e. The molecule has 1 heterocycles. The molecule has 2 rings (SSSR count). The van der Waals surface area contributed by atoms with Gasteiger partial charge in [0.25, 0.3) is 0 Å². The molecule has 0 radical (unpaired) electrons. The Bertz CT molecular complexity index is 525. The molecule has 0 atom stereocenters. The first-order valence-corrected chi connectivity index (χ1v) is 5.62. The van der Waals surface area contributed by atoms with E-state index in [1.807, 2.05) is 26.0 Å². The molecule has 0 fully saturated rings. The Kier molecular flexibility index (Phi) is 2.75. The zero-order valence-electron chi connectivity index (χ0n) is 9.02. The number of hydrogen-bond donors (Lipinski definition) is 1. The number of carbonyl (C=O) groups is 1. The monoisotopic (exact) mass is 233 g/mol. The molecule has 0 aliphatic heterocycles. The van der Waals surface area contributed by atoms with Crippen LogP contribution in [0.15, 0.2) is 24.3 Å². The highest BCUT2D eigenvalue weighted by atomic mass is 32.1. The van der Waals surface area contributed by atoms with Crippen molar-refractivity contribution in [3.05, 3.63) is 40.3 Å². The van der Waals surface area contributed by atoms with Crippen LogP contribution in [-0.2, 0) is 0 Å². The van der Waals surface area contributed by atoms with Crippen LogP contribution in [0.3, 0.4) is 0 Å². The van der Waals surface area contributed by atoms with E-state index in [1.54, 1.807) is 6.07 Å². The quantitative estimate of drug-likeness (QED) is 0.867. The van der Waals surface area contributed by atoms with Gasteiger partial charge in [0.2, 0.25) is 0 Å². The van der Waals surface area contributed by atoms with Crippen LogP contribution in [0.1, 0.15) is 20.8 Å². The van der Waals surface area contributed by atoms with E-state index in [9.17, 15) is 4.79 Å². The van der Waals surface area contributed by atoms with Gasteiger partial charge in [0.15, 0.2) is 0 Å². The Morgan fingerprint density at radius 1 is 1.19 bits per heavy atom. The lowest BCUT2D eigenvalue weighted by atomic mass is 10.1. The fourth-order valence-electron chi connectivity index (χ4n) is 1.63. The molecule has 2 aromatic rings. The fourth-order valence-corrected chi connectivity index (χ4v) is 2.23. The number of carboxylic acid groups (broad SMARTS) is 1. The standard InChI is InChI=1S/C12H11NO2S/c1-7-3-8(2)5-9(4-7)10-6-11(12(14)15)16-13-10/h3-6H,1-2H3,(H,14,15). The highest BCUT2D eigenvalue weighted by molar-refractivity contribution is 7.08. The van der Waals surface area contributed by atoms with Crippen molar-refractivity contribution in [1.29, 1.82) is 0 Å². The van der Waals surface area contributed by atoms with Gasteiger partial charge in [-0.05, 0) is 43.6 Å². The van der Waals surface area contributed by atoms with Crippen molar-refractivity contribution in [2.75, 3.05) is 0 Å². The summed E-state index contributed by atoms with van der Waals surface area (Å²) in [7, 11) is 0. The number of aryl methyl sites for hydroxylation is 2. The molecule has 0 amide bonds. The van der Waals surface area contributed by atoms with E-state index in [2.05, 4.69) is 10.4 Å². The summed E-state index contributed by atoms with van der Waals surface area (Å²) in [6.45, 7) is 4.03. The maximum Gasteiger partial charge on any atom is 0.347 e. The highest BCUT2D eigenvalue weighted by Gasteiger charge is 2.10. The Labute approximate surface area is 97.5 Å².